The lowest BCUT2D eigenvalue weighted by molar-refractivity contribution is -0.137. The molecule has 200 valence electrons. The van der Waals surface area contributed by atoms with Gasteiger partial charge in [0.2, 0.25) is 0 Å². The normalized spacial score (nSPS) is 16.4. The number of aryl methyl sites for hydroxylation is 1. The van der Waals surface area contributed by atoms with Crippen molar-refractivity contribution in [1.29, 1.82) is 0 Å². The lowest BCUT2D eigenvalue weighted by Crippen LogP contribution is -2.48. The molecule has 9 nitrogen and oxygen atoms in total. The second kappa shape index (κ2) is 10.4. The lowest BCUT2D eigenvalue weighted by Gasteiger charge is -2.36. The maximum Gasteiger partial charge on any atom is 0.416 e. The number of amides is 2. The van der Waals surface area contributed by atoms with Crippen LogP contribution in [0.3, 0.4) is 0 Å². The third-order valence-electron chi connectivity index (χ3n) is 6.62. The number of pyridine rings is 1. The number of aliphatic hydroxyl groups excluding tert-OH is 1. The molecule has 2 aliphatic rings. The minimum Gasteiger partial charge on any atom is -0.463 e. The quantitative estimate of drug-likeness (QED) is 0.435. The molecule has 1 atom stereocenters. The molecule has 1 aromatic carbocycles. The number of alkyl halides is 3. The molecule has 2 bridgehead atoms. The first-order valence-corrected chi connectivity index (χ1v) is 12.4. The van der Waals surface area contributed by atoms with Crippen LogP contribution in [0.5, 0.6) is 6.01 Å². The molecule has 4 heterocycles. The van der Waals surface area contributed by atoms with E-state index in [1.807, 2.05) is 13.0 Å². The molecule has 38 heavy (non-hydrogen) atoms. The van der Waals surface area contributed by atoms with Crippen LogP contribution in [0, 0.1) is 0 Å². The monoisotopic (exact) mass is 528 g/mol. The predicted molar refractivity (Wildman–Crippen MR) is 135 cm³/mol. The number of carbonyl (C=O) groups excluding carboxylic acids is 1. The third-order valence-corrected chi connectivity index (χ3v) is 6.62. The van der Waals surface area contributed by atoms with Gasteiger partial charge in [-0.05, 0) is 42.7 Å². The van der Waals surface area contributed by atoms with Gasteiger partial charge in [-0.2, -0.15) is 18.2 Å². The molecule has 0 radical (unpaired) electrons. The van der Waals surface area contributed by atoms with Crippen LogP contribution in [0.25, 0.3) is 11.3 Å². The van der Waals surface area contributed by atoms with Crippen LogP contribution in [0.2, 0.25) is 0 Å². The van der Waals surface area contributed by atoms with Crippen LogP contribution in [-0.2, 0) is 12.6 Å². The van der Waals surface area contributed by atoms with Crippen LogP contribution in [-0.4, -0.2) is 58.4 Å². The average Bonchev–Trinajstić information content (AvgIpc) is 3.32. The number of nitrogens with zero attached hydrogens (tertiary/aromatic N) is 5. The summed E-state index contributed by atoms with van der Waals surface area (Å²) in [4.78, 5) is 30.3. The summed E-state index contributed by atoms with van der Waals surface area (Å²) in [6.07, 6.45) is -1.32. The van der Waals surface area contributed by atoms with Gasteiger partial charge in [-0.15, -0.1) is 0 Å². The van der Waals surface area contributed by atoms with Crippen molar-refractivity contribution in [3.05, 3.63) is 53.7 Å². The Labute approximate surface area is 217 Å². The van der Waals surface area contributed by atoms with Crippen LogP contribution < -0.4 is 19.9 Å². The smallest absolute Gasteiger partial charge is 0.416 e. The van der Waals surface area contributed by atoms with Gasteiger partial charge < -0.3 is 14.7 Å². The van der Waals surface area contributed by atoms with Gasteiger partial charge >= 0.3 is 18.2 Å². The molecular formula is C26H27F3N6O3. The van der Waals surface area contributed by atoms with E-state index in [-0.39, 0.29) is 31.1 Å². The number of nitrogens with one attached hydrogen (secondary N) is 1. The van der Waals surface area contributed by atoms with Crippen molar-refractivity contribution in [1.82, 2.24) is 15.0 Å². The Morgan fingerprint density at radius 3 is 2.84 bits per heavy atom. The summed E-state index contributed by atoms with van der Waals surface area (Å²) in [5.74, 6) is 0.628. The summed E-state index contributed by atoms with van der Waals surface area (Å²) in [7, 11) is 0. The Morgan fingerprint density at radius 2 is 2.08 bits per heavy atom. The molecule has 0 spiro atoms. The molecule has 0 saturated carbocycles. The minimum absolute atomic E-state index is 0.0293. The summed E-state index contributed by atoms with van der Waals surface area (Å²) >= 11 is 0. The molecule has 2 aromatic heterocycles. The number of aromatic nitrogens is 3. The fourth-order valence-electron chi connectivity index (χ4n) is 4.79. The standard InChI is InChI=1S/C26H27F3N6O3/c1-2-16-14-20-23(33-22(16)17-5-3-6-18(13-17)26(27,28)29)35(19-8-10-34(20)15-19)25(37)32-21-7-9-30-24(31-21)38-12-4-11-36/h3,5-7,9,13-14,19,36H,2,4,8,10-12,15H2,1H3,(H,30,31,32,37). The van der Waals surface area contributed by atoms with E-state index in [1.54, 1.807) is 11.0 Å². The van der Waals surface area contributed by atoms with Crippen molar-refractivity contribution in [2.45, 2.75) is 38.4 Å². The van der Waals surface area contributed by atoms with E-state index in [4.69, 9.17) is 14.8 Å². The number of hydrogen-bond donors (Lipinski definition) is 2. The number of ether oxygens (including phenoxy) is 1. The maximum absolute atomic E-state index is 13.6. The molecule has 5 rings (SSSR count). The fraction of sp³-hybridized carbons (Fsp3) is 0.385. The van der Waals surface area contributed by atoms with Crippen molar-refractivity contribution in [2.24, 2.45) is 0 Å². The second-order valence-corrected chi connectivity index (χ2v) is 9.11. The van der Waals surface area contributed by atoms with Gasteiger partial charge in [-0.1, -0.05) is 19.1 Å². The Morgan fingerprint density at radius 1 is 1.24 bits per heavy atom. The van der Waals surface area contributed by atoms with E-state index in [2.05, 4.69) is 20.2 Å². The Hall–Kier alpha value is -3.93. The summed E-state index contributed by atoms with van der Waals surface area (Å²) in [6, 6.07) is 8.01. The van der Waals surface area contributed by atoms with Crippen molar-refractivity contribution < 1.29 is 27.8 Å². The Balaban J connectivity index is 1.50. The molecule has 2 N–H and O–H groups in total. The Bertz CT molecular complexity index is 1340. The first kappa shape index (κ1) is 25.7. The largest absolute Gasteiger partial charge is 0.463 e. The molecule has 3 aromatic rings. The van der Waals surface area contributed by atoms with Gasteiger partial charge in [-0.25, -0.2) is 14.8 Å². The van der Waals surface area contributed by atoms with Crippen LogP contribution in [0.1, 0.15) is 30.9 Å². The third kappa shape index (κ3) is 5.08. The minimum atomic E-state index is -4.48. The van der Waals surface area contributed by atoms with E-state index in [1.165, 1.54) is 18.3 Å². The number of hydrogen-bond acceptors (Lipinski definition) is 7. The van der Waals surface area contributed by atoms with Gasteiger partial charge in [0.1, 0.15) is 5.82 Å². The zero-order valence-electron chi connectivity index (χ0n) is 20.7. The molecule has 1 fully saturated rings. The molecule has 2 amide bonds. The van der Waals surface area contributed by atoms with E-state index in [9.17, 15) is 18.0 Å². The molecule has 2 aliphatic heterocycles. The zero-order chi connectivity index (χ0) is 26.9. The van der Waals surface area contributed by atoms with Crippen molar-refractivity contribution >= 4 is 23.4 Å². The SMILES string of the molecule is CCc1cc2c(nc1-c1cccc(C(F)(F)F)c1)N(C(=O)Nc1ccnc(OCCCO)n1)C1CCN2C1. The van der Waals surface area contributed by atoms with Gasteiger partial charge in [-0.3, -0.25) is 10.2 Å². The second-order valence-electron chi connectivity index (χ2n) is 9.11. The van der Waals surface area contributed by atoms with Gasteiger partial charge in [0, 0.05) is 37.9 Å². The highest BCUT2D eigenvalue weighted by Crippen LogP contribution is 2.42. The maximum atomic E-state index is 13.6. The molecule has 12 heteroatoms. The zero-order valence-corrected chi connectivity index (χ0v) is 20.7. The first-order chi connectivity index (χ1) is 18.3. The molecule has 1 unspecified atom stereocenters. The number of benzene rings is 1. The number of aliphatic hydroxyl groups is 1. The van der Waals surface area contributed by atoms with Crippen molar-refractivity contribution in [3.63, 3.8) is 0 Å². The molecular weight excluding hydrogens is 501 g/mol. The number of fused-ring (bicyclic) bond motifs is 4. The highest BCUT2D eigenvalue weighted by atomic mass is 19.4. The number of carbonyl (C=O) groups is 1. The number of rotatable bonds is 7. The van der Waals surface area contributed by atoms with E-state index in [0.29, 0.717) is 36.5 Å². The van der Waals surface area contributed by atoms with Crippen molar-refractivity contribution in [3.8, 4) is 17.3 Å². The van der Waals surface area contributed by atoms with Crippen LogP contribution >= 0.6 is 0 Å². The highest BCUT2D eigenvalue weighted by molar-refractivity contribution is 6.04. The van der Waals surface area contributed by atoms with Gasteiger partial charge in [0.05, 0.1) is 29.6 Å². The fourth-order valence-corrected chi connectivity index (χ4v) is 4.79. The topological polar surface area (TPSA) is 104 Å². The molecule has 1 saturated heterocycles. The van der Waals surface area contributed by atoms with Gasteiger partial charge in [0.15, 0.2) is 5.82 Å². The molecule has 0 aliphatic carbocycles. The van der Waals surface area contributed by atoms with E-state index in [0.717, 1.165) is 36.3 Å². The van der Waals surface area contributed by atoms with Crippen molar-refractivity contribution in [2.75, 3.05) is 41.4 Å². The lowest BCUT2D eigenvalue weighted by atomic mass is 10.00. The highest BCUT2D eigenvalue weighted by Gasteiger charge is 2.41. The number of halogens is 3. The predicted octanol–water partition coefficient (Wildman–Crippen LogP) is 4.51. The summed E-state index contributed by atoms with van der Waals surface area (Å²) in [6.45, 7) is 3.50. The summed E-state index contributed by atoms with van der Waals surface area (Å²) in [5, 5.41) is 11.7. The van der Waals surface area contributed by atoms with Crippen LogP contribution in [0.15, 0.2) is 42.6 Å². The average molecular weight is 529 g/mol. The first-order valence-electron chi connectivity index (χ1n) is 12.4. The summed E-state index contributed by atoms with van der Waals surface area (Å²) < 4.78 is 45.7. The van der Waals surface area contributed by atoms with Crippen LogP contribution in [0.4, 0.5) is 35.3 Å². The Kier molecular flexibility index (Phi) is 7.06. The van der Waals surface area contributed by atoms with E-state index < -0.39 is 17.8 Å². The number of urea groups is 1. The van der Waals surface area contributed by atoms with E-state index >= 15 is 0 Å². The summed E-state index contributed by atoms with van der Waals surface area (Å²) in [5.41, 5.74) is 1.58. The van der Waals surface area contributed by atoms with Gasteiger partial charge in [0.25, 0.3) is 0 Å². The number of anilines is 3.